The zero-order chi connectivity index (χ0) is 11.3. The van der Waals surface area contributed by atoms with Crippen molar-refractivity contribution in [2.24, 2.45) is 0 Å². The molecule has 0 saturated heterocycles. The molecule has 1 radical (unpaired) electrons. The first kappa shape index (κ1) is 12.1. The predicted octanol–water partition coefficient (Wildman–Crippen LogP) is 4.25. The molecule has 0 spiro atoms. The predicted molar refractivity (Wildman–Crippen MR) is 54.4 cm³/mol. The smallest absolute Gasteiger partial charge is 0.166 e. The topological polar surface area (TPSA) is 0 Å². The van der Waals surface area contributed by atoms with Gasteiger partial charge in [0.05, 0.1) is 5.56 Å². The molecule has 0 saturated carbocycles. The van der Waals surface area contributed by atoms with Crippen LogP contribution in [0.2, 0.25) is 0 Å². The highest BCUT2D eigenvalue weighted by Crippen LogP contribution is 2.32. The van der Waals surface area contributed by atoms with E-state index in [1.165, 1.54) is 12.1 Å². The summed E-state index contributed by atoms with van der Waals surface area (Å²) in [7, 11) is 0. The summed E-state index contributed by atoms with van der Waals surface area (Å²) in [6.07, 6.45) is -0.134. The zero-order valence-corrected chi connectivity index (χ0v) is 8.64. The molecule has 0 aliphatic carbocycles. The second-order valence-corrected chi connectivity index (χ2v) is 3.44. The number of halogens is 3. The van der Waals surface area contributed by atoms with Gasteiger partial charge in [-0.2, -0.15) is 13.2 Å². The van der Waals surface area contributed by atoms with Gasteiger partial charge in [-0.1, -0.05) is 38.0 Å². The fourth-order valence-corrected chi connectivity index (χ4v) is 1.44. The SMILES string of the molecule is CCC[CH]Cc1ccccc1C(F)(F)F. The molecule has 0 amide bonds. The summed E-state index contributed by atoms with van der Waals surface area (Å²) in [6.45, 7) is 2.01. The molecule has 0 N–H and O–H groups in total. The molecule has 0 atom stereocenters. The summed E-state index contributed by atoms with van der Waals surface area (Å²) < 4.78 is 37.6. The molecule has 1 aromatic rings. The first-order valence-corrected chi connectivity index (χ1v) is 5.02. The van der Waals surface area contributed by atoms with Gasteiger partial charge in [0, 0.05) is 0 Å². The van der Waals surface area contributed by atoms with Crippen LogP contribution in [0.5, 0.6) is 0 Å². The van der Waals surface area contributed by atoms with Gasteiger partial charge in [0.25, 0.3) is 0 Å². The Labute approximate surface area is 88.1 Å². The van der Waals surface area contributed by atoms with Gasteiger partial charge < -0.3 is 0 Å². The maximum atomic E-state index is 12.5. The minimum Gasteiger partial charge on any atom is -0.166 e. The number of alkyl halides is 3. The van der Waals surface area contributed by atoms with Gasteiger partial charge >= 0.3 is 6.18 Å². The highest BCUT2D eigenvalue weighted by Gasteiger charge is 2.32. The molecule has 0 heterocycles. The lowest BCUT2D eigenvalue weighted by atomic mass is 10.0. The average Bonchev–Trinajstić information content (AvgIpc) is 2.17. The average molecular weight is 215 g/mol. The van der Waals surface area contributed by atoms with Gasteiger partial charge in [0.2, 0.25) is 0 Å². The lowest BCUT2D eigenvalue weighted by molar-refractivity contribution is -0.138. The van der Waals surface area contributed by atoms with Crippen LogP contribution in [0, 0.1) is 6.42 Å². The molecular formula is C12H14F3. The Balaban J connectivity index is 2.78. The molecule has 0 fully saturated rings. The van der Waals surface area contributed by atoms with Crippen molar-refractivity contribution in [1.82, 2.24) is 0 Å². The van der Waals surface area contributed by atoms with Crippen molar-refractivity contribution in [2.45, 2.75) is 32.4 Å². The third kappa shape index (κ3) is 3.57. The minimum atomic E-state index is -4.24. The van der Waals surface area contributed by atoms with Crippen molar-refractivity contribution in [3.8, 4) is 0 Å². The van der Waals surface area contributed by atoms with E-state index in [1.54, 1.807) is 6.07 Å². The summed E-state index contributed by atoms with van der Waals surface area (Å²) in [5.41, 5.74) is -0.157. The molecule has 1 aromatic carbocycles. The van der Waals surface area contributed by atoms with Crippen molar-refractivity contribution >= 4 is 0 Å². The van der Waals surface area contributed by atoms with Crippen molar-refractivity contribution < 1.29 is 13.2 Å². The summed E-state index contributed by atoms with van der Waals surface area (Å²) in [5, 5.41) is 0. The van der Waals surface area contributed by atoms with Crippen LogP contribution in [-0.4, -0.2) is 0 Å². The van der Waals surface area contributed by atoms with Crippen LogP contribution in [0.15, 0.2) is 24.3 Å². The van der Waals surface area contributed by atoms with Crippen molar-refractivity contribution in [2.75, 3.05) is 0 Å². The molecule has 0 aliphatic rings. The molecule has 83 valence electrons. The van der Waals surface area contributed by atoms with Gasteiger partial charge in [-0.25, -0.2) is 0 Å². The monoisotopic (exact) mass is 215 g/mol. The lowest BCUT2D eigenvalue weighted by Gasteiger charge is -2.11. The van der Waals surface area contributed by atoms with E-state index in [0.717, 1.165) is 18.9 Å². The molecule has 15 heavy (non-hydrogen) atoms. The van der Waals surface area contributed by atoms with Crippen molar-refractivity contribution in [1.29, 1.82) is 0 Å². The van der Waals surface area contributed by atoms with E-state index in [1.807, 2.05) is 13.3 Å². The van der Waals surface area contributed by atoms with Crippen LogP contribution in [0.3, 0.4) is 0 Å². The number of unbranched alkanes of at least 4 members (excludes halogenated alkanes) is 2. The zero-order valence-electron chi connectivity index (χ0n) is 8.64. The van der Waals surface area contributed by atoms with Gasteiger partial charge in [0.1, 0.15) is 0 Å². The van der Waals surface area contributed by atoms with Crippen LogP contribution >= 0.6 is 0 Å². The molecule has 3 heteroatoms. The molecule has 0 bridgehead atoms. The second-order valence-electron chi connectivity index (χ2n) is 3.44. The Morgan fingerprint density at radius 1 is 1.20 bits per heavy atom. The third-order valence-electron chi connectivity index (χ3n) is 2.18. The van der Waals surface area contributed by atoms with E-state index in [9.17, 15) is 13.2 Å². The van der Waals surface area contributed by atoms with E-state index < -0.39 is 11.7 Å². The number of rotatable bonds is 4. The number of hydrogen-bond donors (Lipinski definition) is 0. The van der Waals surface area contributed by atoms with E-state index in [4.69, 9.17) is 0 Å². The number of hydrogen-bond acceptors (Lipinski definition) is 0. The van der Waals surface area contributed by atoms with Crippen LogP contribution < -0.4 is 0 Å². The molecular weight excluding hydrogens is 201 g/mol. The Bertz CT molecular complexity index is 302. The van der Waals surface area contributed by atoms with Crippen LogP contribution in [-0.2, 0) is 12.6 Å². The Kier molecular flexibility index (Phi) is 4.18. The van der Waals surface area contributed by atoms with E-state index in [2.05, 4.69) is 0 Å². The third-order valence-corrected chi connectivity index (χ3v) is 2.18. The minimum absolute atomic E-state index is 0.360. The maximum absolute atomic E-state index is 12.5. The summed E-state index contributed by atoms with van der Waals surface area (Å²) in [5.74, 6) is 0. The van der Waals surface area contributed by atoms with E-state index in [0.29, 0.717) is 12.0 Å². The molecule has 0 nitrogen and oxygen atoms in total. The molecule has 1 rings (SSSR count). The Morgan fingerprint density at radius 3 is 2.47 bits per heavy atom. The van der Waals surface area contributed by atoms with Crippen molar-refractivity contribution in [3.05, 3.63) is 41.8 Å². The summed E-state index contributed by atoms with van der Waals surface area (Å²) in [6, 6.07) is 5.74. The quantitative estimate of drug-likeness (QED) is 0.658. The molecule has 0 unspecified atom stereocenters. The highest BCUT2D eigenvalue weighted by molar-refractivity contribution is 5.30. The highest BCUT2D eigenvalue weighted by atomic mass is 19.4. The molecule has 0 aromatic heterocycles. The van der Waals surface area contributed by atoms with Crippen LogP contribution in [0.25, 0.3) is 0 Å². The number of benzene rings is 1. The van der Waals surface area contributed by atoms with Crippen molar-refractivity contribution in [3.63, 3.8) is 0 Å². The van der Waals surface area contributed by atoms with Gasteiger partial charge in [-0.3, -0.25) is 0 Å². The summed E-state index contributed by atoms with van der Waals surface area (Å²) >= 11 is 0. The lowest BCUT2D eigenvalue weighted by Crippen LogP contribution is -2.09. The van der Waals surface area contributed by atoms with Crippen LogP contribution in [0.4, 0.5) is 13.2 Å². The van der Waals surface area contributed by atoms with Gasteiger partial charge in [-0.15, -0.1) is 0 Å². The van der Waals surface area contributed by atoms with Gasteiger partial charge in [-0.05, 0) is 24.5 Å². The second kappa shape index (κ2) is 5.19. The van der Waals surface area contributed by atoms with E-state index >= 15 is 0 Å². The fraction of sp³-hybridized carbons (Fsp3) is 0.417. The largest absolute Gasteiger partial charge is 0.416 e. The Morgan fingerprint density at radius 2 is 1.87 bits per heavy atom. The summed E-state index contributed by atoms with van der Waals surface area (Å²) in [4.78, 5) is 0. The Hall–Kier alpha value is -0.990. The standard InChI is InChI=1S/C12H14F3/c1-2-3-4-7-10-8-5-6-9-11(10)12(13,14)15/h4-6,8-9H,2-3,7H2,1H3. The maximum Gasteiger partial charge on any atom is 0.416 e. The normalized spacial score (nSPS) is 11.7. The van der Waals surface area contributed by atoms with Gasteiger partial charge in [0.15, 0.2) is 0 Å². The first-order valence-electron chi connectivity index (χ1n) is 5.02. The fourth-order valence-electron chi connectivity index (χ4n) is 1.44. The molecule has 0 aliphatic heterocycles. The first-order chi connectivity index (χ1) is 7.05. The van der Waals surface area contributed by atoms with E-state index in [-0.39, 0.29) is 0 Å². The van der Waals surface area contributed by atoms with Crippen LogP contribution in [0.1, 0.15) is 30.9 Å².